The minimum Gasteiger partial charge on any atom is -0.350 e. The summed E-state index contributed by atoms with van der Waals surface area (Å²) in [4.78, 5) is 21.1. The molecule has 0 aliphatic carbocycles. The summed E-state index contributed by atoms with van der Waals surface area (Å²) in [6, 6.07) is 3.81. The molecule has 1 amide bonds. The van der Waals surface area contributed by atoms with Gasteiger partial charge in [0.25, 0.3) is 5.91 Å². The van der Waals surface area contributed by atoms with Crippen LogP contribution >= 0.6 is 0 Å². The average Bonchev–Trinajstić information content (AvgIpc) is 3.09. The summed E-state index contributed by atoms with van der Waals surface area (Å²) in [5.41, 5.74) is 4.15. The first-order valence-electron chi connectivity index (χ1n) is 8.54. The van der Waals surface area contributed by atoms with Gasteiger partial charge in [0.15, 0.2) is 5.65 Å². The largest absolute Gasteiger partial charge is 0.350 e. The van der Waals surface area contributed by atoms with E-state index in [1.54, 1.807) is 18.6 Å². The Labute approximate surface area is 147 Å². The van der Waals surface area contributed by atoms with Crippen LogP contribution in [0.4, 0.5) is 0 Å². The fourth-order valence-electron chi connectivity index (χ4n) is 2.88. The summed E-state index contributed by atoms with van der Waals surface area (Å²) in [7, 11) is 0. The lowest BCUT2D eigenvalue weighted by Gasteiger charge is -2.08. The van der Waals surface area contributed by atoms with Crippen LogP contribution in [0.25, 0.3) is 11.2 Å². The fraction of sp³-hybridized carbons (Fsp3) is 0.444. The molecule has 0 fully saturated rings. The van der Waals surface area contributed by atoms with Crippen LogP contribution in [0.1, 0.15) is 35.6 Å². The van der Waals surface area contributed by atoms with Gasteiger partial charge in [-0.2, -0.15) is 5.10 Å². The van der Waals surface area contributed by atoms with Gasteiger partial charge < -0.3 is 9.88 Å². The molecular weight excluding hydrogens is 316 g/mol. The molecule has 1 N–H and O–H groups in total. The lowest BCUT2D eigenvalue weighted by atomic mass is 10.2. The van der Waals surface area contributed by atoms with Gasteiger partial charge in [0, 0.05) is 25.0 Å². The number of hydrogen-bond donors (Lipinski definition) is 1. The van der Waals surface area contributed by atoms with Crippen molar-refractivity contribution in [3.05, 3.63) is 41.6 Å². The highest BCUT2D eigenvalue weighted by Gasteiger charge is 2.11. The molecule has 0 atom stereocenters. The normalized spacial score (nSPS) is 11.4. The summed E-state index contributed by atoms with van der Waals surface area (Å²) in [5.74, 6) is 0.367. The summed E-state index contributed by atoms with van der Waals surface area (Å²) in [5, 5.41) is 7.30. The van der Waals surface area contributed by atoms with Gasteiger partial charge in [0.1, 0.15) is 5.52 Å². The van der Waals surface area contributed by atoms with E-state index < -0.39 is 0 Å². The Bertz CT molecular complexity index is 892. The second kappa shape index (κ2) is 7.04. The first-order chi connectivity index (χ1) is 11.9. The summed E-state index contributed by atoms with van der Waals surface area (Å²) < 4.78 is 3.91. The van der Waals surface area contributed by atoms with Crippen LogP contribution in [0.15, 0.2) is 24.7 Å². The molecule has 3 heterocycles. The molecule has 132 valence electrons. The number of rotatable bonds is 6. The van der Waals surface area contributed by atoms with Gasteiger partial charge in [-0.25, -0.2) is 9.97 Å². The van der Waals surface area contributed by atoms with E-state index in [1.807, 2.05) is 29.2 Å². The number of nitrogens with one attached hydrogen (secondary N) is 1. The van der Waals surface area contributed by atoms with Crippen molar-refractivity contribution < 1.29 is 4.79 Å². The second-order valence-electron chi connectivity index (χ2n) is 6.76. The third-order valence-electron chi connectivity index (χ3n) is 3.99. The number of amides is 1. The Morgan fingerprint density at radius 1 is 1.24 bits per heavy atom. The molecule has 3 aromatic rings. The Kier molecular flexibility index (Phi) is 4.83. The number of aryl methyl sites for hydroxylation is 2. The molecule has 7 heteroatoms. The number of carbonyl (C=O) groups is 1. The van der Waals surface area contributed by atoms with Crippen LogP contribution in [0, 0.1) is 19.8 Å². The number of pyridine rings is 1. The highest BCUT2D eigenvalue weighted by molar-refractivity contribution is 5.96. The zero-order valence-electron chi connectivity index (χ0n) is 15.2. The summed E-state index contributed by atoms with van der Waals surface area (Å²) >= 11 is 0. The topological polar surface area (TPSA) is 77.6 Å². The van der Waals surface area contributed by atoms with Gasteiger partial charge in [-0.05, 0) is 31.9 Å². The smallest absolute Gasteiger partial charge is 0.252 e. The number of hydrogen-bond acceptors (Lipinski definition) is 4. The Balaban J connectivity index is 1.65. The van der Waals surface area contributed by atoms with Crippen LogP contribution < -0.4 is 5.32 Å². The van der Waals surface area contributed by atoms with Crippen molar-refractivity contribution in [2.45, 2.75) is 40.8 Å². The molecule has 0 radical (unpaired) electrons. The molecule has 3 rings (SSSR count). The quantitative estimate of drug-likeness (QED) is 0.747. The Hall–Kier alpha value is -2.70. The SMILES string of the molecule is Cc1cc(C)n(CCNC(=O)c2cnc3c(c2)ncn3CC(C)C)n1. The number of fused-ring (bicyclic) bond motifs is 1. The highest BCUT2D eigenvalue weighted by atomic mass is 16.1. The van der Waals surface area contributed by atoms with Gasteiger partial charge in [0.05, 0.1) is 24.1 Å². The molecule has 0 bridgehead atoms. The predicted molar refractivity (Wildman–Crippen MR) is 96.4 cm³/mol. The van der Waals surface area contributed by atoms with E-state index in [9.17, 15) is 4.79 Å². The second-order valence-corrected chi connectivity index (χ2v) is 6.76. The number of nitrogens with zero attached hydrogens (tertiary/aromatic N) is 5. The van der Waals surface area contributed by atoms with Crippen molar-refractivity contribution in [2.75, 3.05) is 6.54 Å². The van der Waals surface area contributed by atoms with Crippen LogP contribution in [0.3, 0.4) is 0 Å². The van der Waals surface area contributed by atoms with Gasteiger partial charge in [-0.3, -0.25) is 9.48 Å². The van der Waals surface area contributed by atoms with Crippen molar-refractivity contribution in [3.8, 4) is 0 Å². The third-order valence-corrected chi connectivity index (χ3v) is 3.99. The van der Waals surface area contributed by atoms with Crippen molar-refractivity contribution in [2.24, 2.45) is 5.92 Å². The van der Waals surface area contributed by atoms with Crippen molar-refractivity contribution in [1.82, 2.24) is 29.6 Å². The van der Waals surface area contributed by atoms with E-state index in [2.05, 4.69) is 34.2 Å². The molecule has 25 heavy (non-hydrogen) atoms. The van der Waals surface area contributed by atoms with Crippen molar-refractivity contribution in [3.63, 3.8) is 0 Å². The zero-order chi connectivity index (χ0) is 18.0. The first-order valence-corrected chi connectivity index (χ1v) is 8.54. The Morgan fingerprint density at radius 3 is 2.72 bits per heavy atom. The average molecular weight is 340 g/mol. The van der Waals surface area contributed by atoms with Crippen molar-refractivity contribution >= 4 is 17.1 Å². The van der Waals surface area contributed by atoms with Gasteiger partial charge in [-0.1, -0.05) is 13.8 Å². The summed E-state index contributed by atoms with van der Waals surface area (Å²) in [6.07, 6.45) is 3.39. The highest BCUT2D eigenvalue weighted by Crippen LogP contribution is 2.13. The maximum atomic E-state index is 12.3. The molecular formula is C18H24N6O. The maximum absolute atomic E-state index is 12.3. The number of carbonyl (C=O) groups excluding carboxylic acids is 1. The maximum Gasteiger partial charge on any atom is 0.252 e. The van der Waals surface area contributed by atoms with Crippen LogP contribution in [-0.2, 0) is 13.1 Å². The minimum atomic E-state index is -0.144. The van der Waals surface area contributed by atoms with E-state index in [0.717, 1.165) is 29.1 Å². The number of aromatic nitrogens is 5. The van der Waals surface area contributed by atoms with Crippen LogP contribution in [0.2, 0.25) is 0 Å². The molecule has 7 nitrogen and oxygen atoms in total. The molecule has 0 saturated carbocycles. The molecule has 3 aromatic heterocycles. The van der Waals surface area contributed by atoms with Crippen LogP contribution in [0.5, 0.6) is 0 Å². The van der Waals surface area contributed by atoms with E-state index >= 15 is 0 Å². The molecule has 0 aliphatic heterocycles. The van der Waals surface area contributed by atoms with E-state index in [0.29, 0.717) is 24.6 Å². The fourth-order valence-corrected chi connectivity index (χ4v) is 2.88. The van der Waals surface area contributed by atoms with Gasteiger partial charge >= 0.3 is 0 Å². The summed E-state index contributed by atoms with van der Waals surface area (Å²) in [6.45, 7) is 10.3. The molecule has 0 spiro atoms. The van der Waals surface area contributed by atoms with Gasteiger partial charge in [0.2, 0.25) is 0 Å². The molecule has 0 aliphatic rings. The minimum absolute atomic E-state index is 0.144. The van der Waals surface area contributed by atoms with Crippen molar-refractivity contribution in [1.29, 1.82) is 0 Å². The molecule has 0 aromatic carbocycles. The predicted octanol–water partition coefficient (Wildman–Crippen LogP) is 2.33. The number of imidazole rings is 1. The zero-order valence-corrected chi connectivity index (χ0v) is 15.2. The van der Waals surface area contributed by atoms with E-state index in [-0.39, 0.29) is 5.91 Å². The van der Waals surface area contributed by atoms with Crippen LogP contribution in [-0.4, -0.2) is 36.8 Å². The van der Waals surface area contributed by atoms with E-state index in [1.165, 1.54) is 0 Å². The molecule has 0 saturated heterocycles. The third kappa shape index (κ3) is 3.87. The lowest BCUT2D eigenvalue weighted by molar-refractivity contribution is 0.0951. The lowest BCUT2D eigenvalue weighted by Crippen LogP contribution is -2.27. The monoisotopic (exact) mass is 340 g/mol. The Morgan fingerprint density at radius 2 is 2.04 bits per heavy atom. The molecule has 0 unspecified atom stereocenters. The first kappa shape index (κ1) is 17.1. The van der Waals surface area contributed by atoms with Gasteiger partial charge in [-0.15, -0.1) is 0 Å². The van der Waals surface area contributed by atoms with E-state index in [4.69, 9.17) is 0 Å². The standard InChI is InChI=1S/C18H24N6O/c1-12(2)10-23-11-21-16-8-15(9-20-17(16)23)18(25)19-5-6-24-14(4)7-13(3)22-24/h7-9,11-12H,5-6,10H2,1-4H3,(H,19,25).